The lowest BCUT2D eigenvalue weighted by Gasteiger charge is -2.41. The number of nitrogens with zero attached hydrogens (tertiary/aromatic N) is 2. The second-order valence-corrected chi connectivity index (χ2v) is 8.45. The average molecular weight is 335 g/mol. The van der Waals surface area contributed by atoms with Crippen molar-refractivity contribution in [1.82, 2.24) is 4.90 Å². The van der Waals surface area contributed by atoms with Crippen molar-refractivity contribution in [3.63, 3.8) is 0 Å². The number of amides is 1. The number of nitrogens with two attached hydrogens (primary N) is 1. The lowest BCUT2D eigenvalue weighted by atomic mass is 9.65. The number of rotatable bonds is 4. The van der Waals surface area contributed by atoms with Crippen LogP contribution in [-0.4, -0.2) is 41.1 Å². The van der Waals surface area contributed by atoms with Crippen molar-refractivity contribution in [3.8, 4) is 0 Å². The minimum atomic E-state index is -1.02. The zero-order valence-electron chi connectivity index (χ0n) is 15.2. The first-order chi connectivity index (χ1) is 11.5. The second kappa shape index (κ2) is 7.03. The fourth-order valence-electron chi connectivity index (χ4n) is 5.49. The Morgan fingerprint density at radius 3 is 2.62 bits per heavy atom. The van der Waals surface area contributed by atoms with E-state index in [2.05, 4.69) is 11.9 Å². The second-order valence-electron chi connectivity index (χ2n) is 8.45. The Hall–Kier alpha value is -1.10. The monoisotopic (exact) mass is 335 g/mol. The number of guanidine groups is 1. The lowest BCUT2D eigenvalue weighted by Crippen LogP contribution is -2.46. The van der Waals surface area contributed by atoms with E-state index in [1.165, 1.54) is 49.8 Å². The molecule has 0 saturated heterocycles. The summed E-state index contributed by atoms with van der Waals surface area (Å²) in [5, 5.41) is 9.90. The molecular formula is C19H33N3O2. The molecule has 5 nitrogen and oxygen atoms in total. The van der Waals surface area contributed by atoms with E-state index in [0.717, 1.165) is 24.2 Å². The van der Waals surface area contributed by atoms with Crippen molar-refractivity contribution < 1.29 is 9.90 Å². The Bertz CT molecular complexity index is 507. The summed E-state index contributed by atoms with van der Waals surface area (Å²) in [6.07, 6.45) is 11.0. The molecule has 5 heteroatoms. The van der Waals surface area contributed by atoms with Crippen molar-refractivity contribution in [2.45, 2.75) is 70.3 Å². The number of aliphatic hydroxyl groups excluding tert-OH is 1. The van der Waals surface area contributed by atoms with Crippen LogP contribution in [0.2, 0.25) is 0 Å². The van der Waals surface area contributed by atoms with Gasteiger partial charge in [-0.15, -0.1) is 0 Å². The Balaban J connectivity index is 1.68. The maximum atomic E-state index is 12.5. The number of hydrogen-bond donors (Lipinski definition) is 2. The van der Waals surface area contributed by atoms with Crippen LogP contribution in [0, 0.1) is 23.7 Å². The summed E-state index contributed by atoms with van der Waals surface area (Å²) in [6, 6.07) is 0. The smallest absolute Gasteiger partial charge is 0.259 e. The van der Waals surface area contributed by atoms with Crippen molar-refractivity contribution in [2.75, 3.05) is 13.7 Å². The quantitative estimate of drug-likeness (QED) is 0.828. The van der Waals surface area contributed by atoms with Gasteiger partial charge in [0.2, 0.25) is 0 Å². The van der Waals surface area contributed by atoms with E-state index in [4.69, 9.17) is 5.73 Å². The van der Waals surface area contributed by atoms with Gasteiger partial charge in [0, 0.05) is 7.05 Å². The minimum absolute atomic E-state index is 0.143. The Kier molecular flexibility index (Phi) is 5.19. The zero-order chi connectivity index (χ0) is 17.3. The summed E-state index contributed by atoms with van der Waals surface area (Å²) in [5.74, 6) is 3.03. The van der Waals surface area contributed by atoms with Gasteiger partial charge in [-0.25, -0.2) is 4.99 Å². The van der Waals surface area contributed by atoms with Gasteiger partial charge in [-0.2, -0.15) is 0 Å². The first-order valence-corrected chi connectivity index (χ1v) is 9.71. The van der Waals surface area contributed by atoms with E-state index < -0.39 is 5.54 Å². The van der Waals surface area contributed by atoms with Crippen molar-refractivity contribution in [3.05, 3.63) is 0 Å². The Morgan fingerprint density at radius 2 is 2.00 bits per heavy atom. The highest BCUT2D eigenvalue weighted by Gasteiger charge is 2.48. The molecule has 3 N–H and O–H groups in total. The van der Waals surface area contributed by atoms with Crippen molar-refractivity contribution in [2.24, 2.45) is 34.4 Å². The molecule has 0 radical (unpaired) electrons. The number of aliphatic imine (C=N–C) groups is 1. The molecule has 1 heterocycles. The van der Waals surface area contributed by atoms with Gasteiger partial charge in [0.05, 0.1) is 6.61 Å². The summed E-state index contributed by atoms with van der Waals surface area (Å²) in [6.45, 7) is 2.18. The lowest BCUT2D eigenvalue weighted by molar-refractivity contribution is -0.132. The first-order valence-electron chi connectivity index (χ1n) is 9.71. The van der Waals surface area contributed by atoms with Gasteiger partial charge in [-0.3, -0.25) is 9.69 Å². The third-order valence-electron chi connectivity index (χ3n) is 6.87. The predicted octanol–water partition coefficient (Wildman–Crippen LogP) is 2.53. The molecular weight excluding hydrogens is 302 g/mol. The molecule has 24 heavy (non-hydrogen) atoms. The van der Waals surface area contributed by atoms with Gasteiger partial charge in [-0.05, 0) is 42.9 Å². The summed E-state index contributed by atoms with van der Waals surface area (Å²) in [7, 11) is 1.64. The molecule has 3 rings (SSSR count). The minimum Gasteiger partial charge on any atom is -0.393 e. The molecule has 2 saturated carbocycles. The predicted molar refractivity (Wildman–Crippen MR) is 95.4 cm³/mol. The third-order valence-corrected chi connectivity index (χ3v) is 6.87. The summed E-state index contributed by atoms with van der Waals surface area (Å²) in [5.41, 5.74) is 4.81. The number of carbonyl (C=O) groups is 1. The average Bonchev–Trinajstić information content (AvgIpc) is 2.80. The van der Waals surface area contributed by atoms with E-state index in [9.17, 15) is 9.90 Å². The zero-order valence-corrected chi connectivity index (χ0v) is 15.2. The molecule has 5 atom stereocenters. The molecule has 0 aromatic rings. The van der Waals surface area contributed by atoms with Gasteiger partial charge >= 0.3 is 0 Å². The number of hydrogen-bond acceptors (Lipinski definition) is 4. The molecule has 2 fully saturated rings. The van der Waals surface area contributed by atoms with Gasteiger partial charge in [-0.1, -0.05) is 45.4 Å². The molecule has 3 aliphatic rings. The molecule has 1 amide bonds. The van der Waals surface area contributed by atoms with Crippen LogP contribution in [0.1, 0.15) is 64.7 Å². The molecule has 0 aromatic heterocycles. The molecule has 136 valence electrons. The largest absolute Gasteiger partial charge is 0.393 e. The maximum Gasteiger partial charge on any atom is 0.259 e. The normalized spacial score (nSPS) is 40.7. The van der Waals surface area contributed by atoms with Gasteiger partial charge < -0.3 is 10.8 Å². The SMILES string of the molecule is C[C@@H]1CCCCC1C1CCCC(CC2(CO)N=C(N)N(C)C2=O)C1. The van der Waals surface area contributed by atoms with E-state index in [1.807, 2.05) is 0 Å². The van der Waals surface area contributed by atoms with E-state index in [1.54, 1.807) is 7.05 Å². The highest BCUT2D eigenvalue weighted by atomic mass is 16.3. The van der Waals surface area contributed by atoms with E-state index in [-0.39, 0.29) is 18.5 Å². The van der Waals surface area contributed by atoms with E-state index >= 15 is 0 Å². The Morgan fingerprint density at radius 1 is 1.25 bits per heavy atom. The first kappa shape index (κ1) is 17.7. The fraction of sp³-hybridized carbons (Fsp3) is 0.895. The van der Waals surface area contributed by atoms with E-state index in [0.29, 0.717) is 12.3 Å². The van der Waals surface area contributed by atoms with Crippen LogP contribution in [0.5, 0.6) is 0 Å². The standard InChI is InChI=1S/C19H33N3O2/c1-13-6-3-4-9-16(13)15-8-5-7-14(10-15)11-19(12-23)17(24)22(2)18(20)21-19/h13-16,23H,3-12H2,1-2H3,(H2,20,21)/t13-,14?,15?,16?,19?/m1/s1. The molecule has 0 aromatic carbocycles. The van der Waals surface area contributed by atoms with Crippen LogP contribution in [0.4, 0.5) is 0 Å². The molecule has 4 unspecified atom stereocenters. The molecule has 0 bridgehead atoms. The van der Waals surface area contributed by atoms with Crippen LogP contribution in [0.3, 0.4) is 0 Å². The molecule has 1 aliphatic heterocycles. The highest BCUT2D eigenvalue weighted by Crippen LogP contribution is 2.45. The summed E-state index contributed by atoms with van der Waals surface area (Å²) < 4.78 is 0. The highest BCUT2D eigenvalue weighted by molar-refractivity contribution is 6.06. The van der Waals surface area contributed by atoms with Gasteiger partial charge in [0.25, 0.3) is 5.91 Å². The molecule has 0 spiro atoms. The number of aliphatic hydroxyl groups is 1. The topological polar surface area (TPSA) is 78.9 Å². The van der Waals surface area contributed by atoms with Crippen LogP contribution in [0.25, 0.3) is 0 Å². The van der Waals surface area contributed by atoms with Crippen LogP contribution in [0.15, 0.2) is 4.99 Å². The summed E-state index contributed by atoms with van der Waals surface area (Å²) in [4.78, 5) is 18.3. The number of carbonyl (C=O) groups excluding carboxylic acids is 1. The summed E-state index contributed by atoms with van der Waals surface area (Å²) >= 11 is 0. The van der Waals surface area contributed by atoms with Crippen LogP contribution < -0.4 is 5.73 Å². The van der Waals surface area contributed by atoms with Crippen LogP contribution >= 0.6 is 0 Å². The van der Waals surface area contributed by atoms with Gasteiger partial charge in [0.1, 0.15) is 0 Å². The van der Waals surface area contributed by atoms with Gasteiger partial charge in [0.15, 0.2) is 11.5 Å². The van der Waals surface area contributed by atoms with Crippen molar-refractivity contribution in [1.29, 1.82) is 0 Å². The van der Waals surface area contributed by atoms with Crippen molar-refractivity contribution >= 4 is 11.9 Å². The fourth-order valence-corrected chi connectivity index (χ4v) is 5.49. The molecule has 2 aliphatic carbocycles. The Labute approximate surface area is 145 Å². The van der Waals surface area contributed by atoms with Crippen LogP contribution in [-0.2, 0) is 4.79 Å². The maximum absolute atomic E-state index is 12.5. The number of likely N-dealkylation sites (N-methyl/N-ethyl adjacent to an activating group) is 1. The third kappa shape index (κ3) is 3.19.